The Bertz CT molecular complexity index is 436. The predicted molar refractivity (Wildman–Crippen MR) is 66.1 cm³/mol. The van der Waals surface area contributed by atoms with E-state index in [0.29, 0.717) is 5.88 Å². The lowest BCUT2D eigenvalue weighted by Crippen LogP contribution is -2.27. The van der Waals surface area contributed by atoms with Crippen molar-refractivity contribution < 1.29 is 9.53 Å². The van der Waals surface area contributed by atoms with Gasteiger partial charge in [-0.1, -0.05) is 20.8 Å². The Kier molecular flexibility index (Phi) is 3.05. The van der Waals surface area contributed by atoms with Crippen LogP contribution in [0.4, 0.5) is 5.69 Å². The number of hydrogen-bond acceptors (Lipinski definition) is 3. The first-order chi connectivity index (χ1) is 7.97. The highest BCUT2D eigenvalue weighted by molar-refractivity contribution is 5.94. The van der Waals surface area contributed by atoms with Crippen molar-refractivity contribution in [2.45, 2.75) is 33.6 Å². The summed E-state index contributed by atoms with van der Waals surface area (Å²) in [6.45, 7) is 6.39. The van der Waals surface area contributed by atoms with Gasteiger partial charge in [-0.2, -0.15) is 0 Å². The monoisotopic (exact) mass is 234 g/mol. The topological polar surface area (TPSA) is 51.2 Å². The molecule has 0 saturated carbocycles. The molecule has 0 aliphatic carbocycles. The van der Waals surface area contributed by atoms with Crippen LogP contribution in [-0.2, 0) is 11.2 Å². The summed E-state index contributed by atoms with van der Waals surface area (Å²) in [5, 5.41) is 2.87. The summed E-state index contributed by atoms with van der Waals surface area (Å²) >= 11 is 0. The first-order valence-electron chi connectivity index (χ1n) is 5.90. The number of amides is 1. The van der Waals surface area contributed by atoms with Gasteiger partial charge in [-0.15, -0.1) is 0 Å². The normalized spacial score (nSPS) is 14.8. The molecule has 1 aliphatic rings. The molecule has 92 valence electrons. The molecule has 0 atom stereocenters. The minimum atomic E-state index is -0.396. The molecule has 0 bridgehead atoms. The van der Waals surface area contributed by atoms with Crippen molar-refractivity contribution in [3.63, 3.8) is 0 Å². The molecular weight excluding hydrogens is 216 g/mol. The lowest BCUT2D eigenvalue weighted by molar-refractivity contribution is -0.123. The van der Waals surface area contributed by atoms with E-state index in [1.165, 1.54) is 0 Å². The number of aryl methyl sites for hydroxylation is 1. The molecule has 1 aromatic heterocycles. The van der Waals surface area contributed by atoms with Crippen molar-refractivity contribution in [1.82, 2.24) is 4.98 Å². The van der Waals surface area contributed by atoms with Crippen LogP contribution < -0.4 is 10.1 Å². The second-order valence-corrected chi connectivity index (χ2v) is 5.34. The Balaban J connectivity index is 2.15. The van der Waals surface area contributed by atoms with Crippen molar-refractivity contribution in [3.8, 4) is 5.88 Å². The van der Waals surface area contributed by atoms with Crippen LogP contribution in [0.3, 0.4) is 0 Å². The van der Waals surface area contributed by atoms with Crippen LogP contribution >= 0.6 is 0 Å². The number of ether oxygens (including phenoxy) is 1. The molecule has 2 heterocycles. The molecule has 0 radical (unpaired) electrons. The number of aromatic nitrogens is 1. The third-order valence-electron chi connectivity index (χ3n) is 2.69. The molecule has 0 aromatic carbocycles. The Labute approximate surface area is 101 Å². The quantitative estimate of drug-likeness (QED) is 0.811. The Hall–Kier alpha value is -1.58. The number of carbonyl (C=O) groups is 1. The summed E-state index contributed by atoms with van der Waals surface area (Å²) in [6, 6.07) is 1.95. The maximum atomic E-state index is 11.8. The molecule has 1 amide bonds. The number of nitrogens with zero attached hydrogens (tertiary/aromatic N) is 1. The van der Waals surface area contributed by atoms with Gasteiger partial charge in [-0.3, -0.25) is 4.79 Å². The highest BCUT2D eigenvalue weighted by Crippen LogP contribution is 2.25. The van der Waals surface area contributed by atoms with E-state index < -0.39 is 5.41 Å². The molecule has 0 unspecified atom stereocenters. The largest absolute Gasteiger partial charge is 0.477 e. The highest BCUT2D eigenvalue weighted by atomic mass is 16.5. The predicted octanol–water partition coefficient (Wildman–Crippen LogP) is 2.39. The van der Waals surface area contributed by atoms with Crippen LogP contribution in [0, 0.1) is 5.41 Å². The molecule has 1 N–H and O–H groups in total. The van der Waals surface area contributed by atoms with Crippen molar-refractivity contribution in [1.29, 1.82) is 0 Å². The summed E-state index contributed by atoms with van der Waals surface area (Å²) in [6.07, 6.45) is 3.61. The smallest absolute Gasteiger partial charge is 0.229 e. The fourth-order valence-corrected chi connectivity index (χ4v) is 1.63. The van der Waals surface area contributed by atoms with Gasteiger partial charge in [0.25, 0.3) is 0 Å². The zero-order chi connectivity index (χ0) is 12.5. The average Bonchev–Trinajstić information content (AvgIpc) is 2.27. The minimum absolute atomic E-state index is 0.00372. The summed E-state index contributed by atoms with van der Waals surface area (Å²) in [5.41, 5.74) is 1.42. The maximum Gasteiger partial charge on any atom is 0.229 e. The van der Waals surface area contributed by atoms with Gasteiger partial charge in [-0.05, 0) is 18.9 Å². The molecule has 4 nitrogen and oxygen atoms in total. The van der Waals surface area contributed by atoms with Crippen LogP contribution in [0.2, 0.25) is 0 Å². The molecular formula is C13H18N2O2. The summed E-state index contributed by atoms with van der Waals surface area (Å²) in [4.78, 5) is 16.0. The molecule has 2 rings (SSSR count). The van der Waals surface area contributed by atoms with Crippen molar-refractivity contribution >= 4 is 11.6 Å². The maximum absolute atomic E-state index is 11.8. The van der Waals surface area contributed by atoms with E-state index in [1.807, 2.05) is 26.8 Å². The van der Waals surface area contributed by atoms with Crippen molar-refractivity contribution in [2.24, 2.45) is 5.41 Å². The van der Waals surface area contributed by atoms with Gasteiger partial charge in [0, 0.05) is 11.0 Å². The summed E-state index contributed by atoms with van der Waals surface area (Å²) in [7, 11) is 0. The molecule has 1 aliphatic heterocycles. The lowest BCUT2D eigenvalue weighted by atomic mass is 9.95. The summed E-state index contributed by atoms with van der Waals surface area (Å²) in [5.74, 6) is 0.695. The van der Waals surface area contributed by atoms with Crippen LogP contribution in [0.1, 0.15) is 32.8 Å². The second-order valence-electron chi connectivity index (χ2n) is 5.34. The van der Waals surface area contributed by atoms with Gasteiger partial charge < -0.3 is 10.1 Å². The van der Waals surface area contributed by atoms with Gasteiger partial charge in [0.2, 0.25) is 11.8 Å². The average molecular weight is 234 g/mol. The van der Waals surface area contributed by atoms with Gasteiger partial charge in [-0.25, -0.2) is 4.98 Å². The Morgan fingerprint density at radius 3 is 2.94 bits per heavy atom. The van der Waals surface area contributed by atoms with E-state index in [0.717, 1.165) is 30.7 Å². The van der Waals surface area contributed by atoms with E-state index in [2.05, 4.69) is 10.3 Å². The van der Waals surface area contributed by atoms with E-state index in [-0.39, 0.29) is 5.91 Å². The fraction of sp³-hybridized carbons (Fsp3) is 0.538. The number of pyridine rings is 1. The number of fused-ring (bicyclic) bond motifs is 1. The zero-order valence-electron chi connectivity index (χ0n) is 10.5. The Morgan fingerprint density at radius 2 is 2.24 bits per heavy atom. The van der Waals surface area contributed by atoms with Crippen molar-refractivity contribution in [3.05, 3.63) is 17.8 Å². The van der Waals surface area contributed by atoms with Gasteiger partial charge in [0.1, 0.15) is 0 Å². The van der Waals surface area contributed by atoms with E-state index in [4.69, 9.17) is 4.74 Å². The first-order valence-corrected chi connectivity index (χ1v) is 5.90. The third kappa shape index (κ3) is 2.75. The lowest BCUT2D eigenvalue weighted by Gasteiger charge is -2.20. The summed E-state index contributed by atoms with van der Waals surface area (Å²) < 4.78 is 5.43. The zero-order valence-corrected chi connectivity index (χ0v) is 10.5. The van der Waals surface area contributed by atoms with E-state index in [9.17, 15) is 4.79 Å². The molecule has 0 spiro atoms. The van der Waals surface area contributed by atoms with Crippen LogP contribution in [0.5, 0.6) is 5.88 Å². The number of hydrogen-bond donors (Lipinski definition) is 1. The molecule has 1 aromatic rings. The number of carbonyl (C=O) groups excluding carboxylic acids is 1. The number of anilines is 1. The van der Waals surface area contributed by atoms with E-state index >= 15 is 0 Å². The second kappa shape index (κ2) is 4.35. The minimum Gasteiger partial charge on any atom is -0.477 e. The first kappa shape index (κ1) is 11.9. The fourth-order valence-electron chi connectivity index (χ4n) is 1.63. The highest BCUT2D eigenvalue weighted by Gasteiger charge is 2.22. The van der Waals surface area contributed by atoms with Gasteiger partial charge >= 0.3 is 0 Å². The molecule has 0 saturated heterocycles. The molecule has 17 heavy (non-hydrogen) atoms. The SMILES string of the molecule is CC(C)(C)C(=O)Nc1cnc2c(c1)CCCO2. The Morgan fingerprint density at radius 1 is 1.47 bits per heavy atom. The van der Waals surface area contributed by atoms with E-state index in [1.54, 1.807) is 6.20 Å². The van der Waals surface area contributed by atoms with Crippen LogP contribution in [-0.4, -0.2) is 17.5 Å². The van der Waals surface area contributed by atoms with Crippen LogP contribution in [0.15, 0.2) is 12.3 Å². The standard InChI is InChI=1S/C13H18N2O2/c1-13(2,3)12(16)15-10-7-9-5-4-6-17-11(9)14-8-10/h7-8H,4-6H2,1-3H3,(H,15,16). The van der Waals surface area contributed by atoms with Crippen LogP contribution in [0.25, 0.3) is 0 Å². The van der Waals surface area contributed by atoms with Gasteiger partial charge in [0.05, 0.1) is 18.5 Å². The molecule has 0 fully saturated rings. The van der Waals surface area contributed by atoms with Crippen molar-refractivity contribution in [2.75, 3.05) is 11.9 Å². The number of rotatable bonds is 1. The third-order valence-corrected chi connectivity index (χ3v) is 2.69. The van der Waals surface area contributed by atoms with Gasteiger partial charge in [0.15, 0.2) is 0 Å². The molecule has 4 heteroatoms. The number of nitrogens with one attached hydrogen (secondary N) is 1.